The molecule has 0 radical (unpaired) electrons. The Morgan fingerprint density at radius 2 is 2.14 bits per heavy atom. The first-order chi connectivity index (χ1) is 10.0. The number of rotatable bonds is 6. The minimum absolute atomic E-state index is 0.100. The minimum Gasteiger partial charge on any atom is -0.487 e. The van der Waals surface area contributed by atoms with E-state index >= 15 is 0 Å². The van der Waals surface area contributed by atoms with E-state index in [1.54, 1.807) is 19.9 Å². The van der Waals surface area contributed by atoms with Gasteiger partial charge in [-0.15, -0.1) is 5.10 Å². The van der Waals surface area contributed by atoms with Gasteiger partial charge in [0.2, 0.25) is 0 Å². The quantitative estimate of drug-likeness (QED) is 0.651. The number of nitro groups is 1. The van der Waals surface area contributed by atoms with Gasteiger partial charge in [0.1, 0.15) is 23.1 Å². The molecule has 0 aliphatic rings. The maximum atomic E-state index is 10.9. The van der Waals surface area contributed by atoms with Crippen molar-refractivity contribution in [2.24, 2.45) is 0 Å². The molecule has 0 atom stereocenters. The van der Waals surface area contributed by atoms with E-state index in [2.05, 4.69) is 14.9 Å². The fourth-order valence-electron chi connectivity index (χ4n) is 1.87. The van der Waals surface area contributed by atoms with E-state index < -0.39 is 0 Å². The number of ether oxygens (including phenoxy) is 1. The van der Waals surface area contributed by atoms with Crippen LogP contribution in [0, 0.1) is 24.0 Å². The second-order valence-corrected chi connectivity index (χ2v) is 5.28. The van der Waals surface area contributed by atoms with Crippen molar-refractivity contribution in [2.45, 2.75) is 27.4 Å². The number of nitrogens with one attached hydrogen (secondary N) is 1. The molecule has 0 spiro atoms. The van der Waals surface area contributed by atoms with Crippen LogP contribution in [0.25, 0.3) is 0 Å². The lowest BCUT2D eigenvalue weighted by molar-refractivity contribution is -0.385. The number of nitrogens with zero attached hydrogens (tertiary/aromatic N) is 3. The van der Waals surface area contributed by atoms with Gasteiger partial charge >= 0.3 is 0 Å². The van der Waals surface area contributed by atoms with Crippen molar-refractivity contribution in [3.63, 3.8) is 0 Å². The van der Waals surface area contributed by atoms with Gasteiger partial charge in [0.05, 0.1) is 4.92 Å². The smallest absolute Gasteiger partial charge is 0.272 e. The van der Waals surface area contributed by atoms with E-state index in [0.29, 0.717) is 11.3 Å². The third kappa shape index (κ3) is 3.46. The predicted molar refractivity (Wildman–Crippen MR) is 81.0 cm³/mol. The molecule has 1 heterocycles. The second-order valence-electron chi connectivity index (χ2n) is 4.53. The van der Waals surface area contributed by atoms with Crippen LogP contribution >= 0.6 is 11.5 Å². The molecule has 1 aromatic heterocycles. The van der Waals surface area contributed by atoms with Crippen molar-refractivity contribution in [3.8, 4) is 5.75 Å². The zero-order valence-corrected chi connectivity index (χ0v) is 12.9. The molecule has 1 N–H and O–H groups in total. The molecule has 1 aromatic carbocycles. The lowest BCUT2D eigenvalue weighted by Crippen LogP contribution is -2.03. The molecule has 7 nitrogen and oxygen atoms in total. The molecule has 112 valence electrons. The third-order valence-corrected chi connectivity index (χ3v) is 3.67. The van der Waals surface area contributed by atoms with E-state index in [1.165, 1.54) is 17.6 Å². The van der Waals surface area contributed by atoms with Crippen molar-refractivity contribution in [2.75, 3.05) is 11.9 Å². The van der Waals surface area contributed by atoms with Crippen molar-refractivity contribution in [1.29, 1.82) is 0 Å². The summed E-state index contributed by atoms with van der Waals surface area (Å²) in [7, 11) is 0. The summed E-state index contributed by atoms with van der Waals surface area (Å²) in [5.74, 6) is 0.619. The first kappa shape index (κ1) is 15.2. The highest BCUT2D eigenvalue weighted by atomic mass is 32.1. The molecule has 0 unspecified atom stereocenters. The Morgan fingerprint density at radius 3 is 2.81 bits per heavy atom. The SMILES string of the molecule is CCNc1snnc1COc1cc(C)c([N+](=O)[O-])cc1C. The monoisotopic (exact) mass is 308 g/mol. The van der Waals surface area contributed by atoms with E-state index in [-0.39, 0.29) is 17.2 Å². The van der Waals surface area contributed by atoms with Crippen LogP contribution in [0.3, 0.4) is 0 Å². The van der Waals surface area contributed by atoms with Gasteiger partial charge in [0, 0.05) is 29.7 Å². The predicted octanol–water partition coefficient (Wildman–Crippen LogP) is 3.07. The highest BCUT2D eigenvalue weighted by Gasteiger charge is 2.15. The van der Waals surface area contributed by atoms with Crippen LogP contribution in [0.1, 0.15) is 23.7 Å². The largest absolute Gasteiger partial charge is 0.487 e. The van der Waals surface area contributed by atoms with Crippen LogP contribution in [-0.2, 0) is 6.61 Å². The molecule has 0 saturated carbocycles. The number of anilines is 1. The summed E-state index contributed by atoms with van der Waals surface area (Å²) in [4.78, 5) is 10.5. The summed E-state index contributed by atoms with van der Waals surface area (Å²) in [6.07, 6.45) is 0. The zero-order chi connectivity index (χ0) is 15.4. The normalized spacial score (nSPS) is 10.4. The van der Waals surface area contributed by atoms with Crippen LogP contribution in [0.5, 0.6) is 5.75 Å². The topological polar surface area (TPSA) is 90.2 Å². The Labute approximate surface area is 126 Å². The molecular formula is C13H16N4O3S. The van der Waals surface area contributed by atoms with Crippen molar-refractivity contribution < 1.29 is 9.66 Å². The van der Waals surface area contributed by atoms with E-state index in [1.807, 2.05) is 6.92 Å². The lowest BCUT2D eigenvalue weighted by Gasteiger charge is -2.10. The molecule has 0 fully saturated rings. The summed E-state index contributed by atoms with van der Waals surface area (Å²) in [6, 6.07) is 3.20. The molecule has 2 rings (SSSR count). The molecule has 0 bridgehead atoms. The number of hydrogen-bond acceptors (Lipinski definition) is 7. The van der Waals surface area contributed by atoms with Gasteiger partial charge in [0.25, 0.3) is 5.69 Å². The number of nitro benzene ring substituents is 1. The number of aryl methyl sites for hydroxylation is 2. The minimum atomic E-state index is -0.389. The van der Waals surface area contributed by atoms with Crippen LogP contribution in [0.4, 0.5) is 10.7 Å². The zero-order valence-electron chi connectivity index (χ0n) is 12.0. The summed E-state index contributed by atoms with van der Waals surface area (Å²) in [5, 5.41) is 19.0. The third-order valence-electron chi connectivity index (χ3n) is 2.95. The van der Waals surface area contributed by atoms with Gasteiger partial charge in [-0.2, -0.15) is 0 Å². The summed E-state index contributed by atoms with van der Waals surface area (Å²) < 4.78 is 9.62. The Hall–Kier alpha value is -2.22. The molecule has 0 aliphatic heterocycles. The first-order valence-corrected chi connectivity index (χ1v) is 7.23. The van der Waals surface area contributed by atoms with Crippen LogP contribution in [0.2, 0.25) is 0 Å². The van der Waals surface area contributed by atoms with E-state index in [9.17, 15) is 10.1 Å². The van der Waals surface area contributed by atoms with Gasteiger partial charge in [-0.3, -0.25) is 10.1 Å². The van der Waals surface area contributed by atoms with Crippen molar-refractivity contribution >= 4 is 22.2 Å². The Kier molecular flexibility index (Phi) is 4.69. The molecule has 2 aromatic rings. The fourth-order valence-corrected chi connectivity index (χ4v) is 2.51. The van der Waals surface area contributed by atoms with Gasteiger partial charge in [0.15, 0.2) is 0 Å². The standard InChI is InChI=1S/C13H16N4O3S/c1-4-14-13-10(15-16-21-13)7-20-12-6-8(2)11(17(18)19)5-9(12)3/h5-6,14H,4,7H2,1-3H3. The van der Waals surface area contributed by atoms with Gasteiger partial charge < -0.3 is 10.1 Å². The summed E-state index contributed by atoms with van der Waals surface area (Å²) in [5.41, 5.74) is 2.13. The molecule has 0 aliphatic carbocycles. The maximum Gasteiger partial charge on any atom is 0.272 e. The van der Waals surface area contributed by atoms with Crippen LogP contribution < -0.4 is 10.1 Å². The molecular weight excluding hydrogens is 292 g/mol. The van der Waals surface area contributed by atoms with E-state index in [4.69, 9.17) is 4.74 Å². The Morgan fingerprint density at radius 1 is 1.38 bits per heavy atom. The van der Waals surface area contributed by atoms with Gasteiger partial charge in [-0.25, -0.2) is 0 Å². The lowest BCUT2D eigenvalue weighted by atomic mass is 10.1. The maximum absolute atomic E-state index is 10.9. The molecule has 0 amide bonds. The average Bonchev–Trinajstić information content (AvgIpc) is 2.87. The molecule has 8 heteroatoms. The Balaban J connectivity index is 2.15. The number of aromatic nitrogens is 2. The van der Waals surface area contributed by atoms with Crippen LogP contribution in [-0.4, -0.2) is 21.1 Å². The average molecular weight is 308 g/mol. The highest BCUT2D eigenvalue weighted by molar-refractivity contribution is 7.10. The number of hydrogen-bond donors (Lipinski definition) is 1. The number of benzene rings is 1. The molecule has 0 saturated heterocycles. The summed E-state index contributed by atoms with van der Waals surface area (Å²) >= 11 is 1.28. The van der Waals surface area contributed by atoms with Gasteiger partial charge in [-0.1, -0.05) is 4.49 Å². The highest BCUT2D eigenvalue weighted by Crippen LogP contribution is 2.29. The first-order valence-electron chi connectivity index (χ1n) is 6.46. The fraction of sp³-hybridized carbons (Fsp3) is 0.385. The second kappa shape index (κ2) is 6.49. The van der Waals surface area contributed by atoms with E-state index in [0.717, 1.165) is 22.8 Å². The molecule has 21 heavy (non-hydrogen) atoms. The summed E-state index contributed by atoms with van der Waals surface area (Å²) in [6.45, 7) is 6.53. The van der Waals surface area contributed by atoms with Crippen molar-refractivity contribution in [3.05, 3.63) is 39.1 Å². The van der Waals surface area contributed by atoms with Crippen molar-refractivity contribution in [1.82, 2.24) is 9.59 Å². The van der Waals surface area contributed by atoms with Gasteiger partial charge in [-0.05, 0) is 32.4 Å². The Bertz CT molecular complexity index is 657. The van der Waals surface area contributed by atoms with Crippen LogP contribution in [0.15, 0.2) is 12.1 Å².